The van der Waals surface area contributed by atoms with Crippen molar-refractivity contribution in [2.75, 3.05) is 19.9 Å². The number of fused-ring (bicyclic) bond motifs is 2. The lowest BCUT2D eigenvalue weighted by atomic mass is 10.1. The number of nitrogens with one attached hydrogen (secondary N) is 1. The summed E-state index contributed by atoms with van der Waals surface area (Å²) in [6.45, 7) is 4.02. The molecule has 4 rings (SSSR count). The van der Waals surface area contributed by atoms with Crippen LogP contribution in [0.4, 0.5) is 13.6 Å². The minimum absolute atomic E-state index is 0.00139. The molecule has 2 amide bonds. The third kappa shape index (κ3) is 4.61. The van der Waals surface area contributed by atoms with Crippen molar-refractivity contribution in [2.24, 2.45) is 0 Å². The summed E-state index contributed by atoms with van der Waals surface area (Å²) in [5, 5.41) is 11.1. The maximum atomic E-state index is 14.0. The predicted molar refractivity (Wildman–Crippen MR) is 120 cm³/mol. The molecule has 2 unspecified atom stereocenters. The van der Waals surface area contributed by atoms with E-state index in [1.54, 1.807) is 4.90 Å². The van der Waals surface area contributed by atoms with Crippen molar-refractivity contribution in [1.82, 2.24) is 19.7 Å². The van der Waals surface area contributed by atoms with E-state index in [1.165, 1.54) is 10.8 Å². The molecule has 3 heterocycles. The minimum Gasteiger partial charge on any atom is -0.451 e. The first kappa shape index (κ1) is 25.1. The number of ether oxygens (including phenoxy) is 2. The monoisotopic (exact) mass is 506 g/mol. The number of amides is 2. The molecule has 0 radical (unpaired) electrons. The summed E-state index contributed by atoms with van der Waals surface area (Å²) in [7, 11) is 0. The first-order chi connectivity index (χ1) is 17.1. The van der Waals surface area contributed by atoms with Crippen molar-refractivity contribution >= 4 is 18.0 Å². The van der Waals surface area contributed by atoms with Crippen molar-refractivity contribution in [2.45, 2.75) is 39.1 Å². The molecule has 1 saturated heterocycles. The third-order valence-electron chi connectivity index (χ3n) is 6.28. The van der Waals surface area contributed by atoms with E-state index in [1.807, 2.05) is 13.8 Å². The van der Waals surface area contributed by atoms with E-state index in [2.05, 4.69) is 15.0 Å². The van der Waals surface area contributed by atoms with E-state index >= 15 is 0 Å². The molecule has 2 N–H and O–H groups in total. The Balaban J connectivity index is 1.70. The Bertz CT molecular complexity index is 1280. The number of pyridine rings is 1. The van der Waals surface area contributed by atoms with Gasteiger partial charge >= 0.3 is 6.16 Å². The highest BCUT2D eigenvalue weighted by atomic mass is 19.1. The van der Waals surface area contributed by atoms with Gasteiger partial charge in [0.05, 0.1) is 6.54 Å². The first-order valence-electron chi connectivity index (χ1n) is 11.2. The molecule has 0 saturated carbocycles. The lowest BCUT2D eigenvalue weighted by molar-refractivity contribution is 0.0228. The standard InChI is InChI=1S/C23H24F2N4O7/c1-3-28-12(2)8-29-17(28)10-27-9-15(21(31)26-7-13-4-5-14(24)6-16(13)25)19(30)20(18(27)22(29)32)35-11-36-23(33)34/h4-6,9,12,17H,3,7-8,10-11H2,1-2H3,(H,26,31)(H,33,34). The molecule has 1 fully saturated rings. The van der Waals surface area contributed by atoms with Gasteiger partial charge in [-0.05, 0) is 19.5 Å². The molecule has 192 valence electrons. The molecule has 0 spiro atoms. The van der Waals surface area contributed by atoms with Crippen LogP contribution in [0.3, 0.4) is 0 Å². The van der Waals surface area contributed by atoms with Crippen LogP contribution in [-0.4, -0.2) is 69.5 Å². The van der Waals surface area contributed by atoms with Crippen LogP contribution in [0, 0.1) is 11.6 Å². The van der Waals surface area contributed by atoms with Crippen LogP contribution in [0.5, 0.6) is 5.75 Å². The number of carbonyl (C=O) groups is 3. The lowest BCUT2D eigenvalue weighted by Gasteiger charge is -2.36. The van der Waals surface area contributed by atoms with Gasteiger partial charge in [-0.2, -0.15) is 0 Å². The number of benzene rings is 1. The van der Waals surface area contributed by atoms with Gasteiger partial charge in [0.1, 0.15) is 23.4 Å². The maximum Gasteiger partial charge on any atom is 0.508 e. The van der Waals surface area contributed by atoms with E-state index in [0.29, 0.717) is 19.2 Å². The topological polar surface area (TPSA) is 130 Å². The number of rotatable bonds is 7. The number of aromatic nitrogens is 1. The Hall–Kier alpha value is -4.00. The zero-order valence-corrected chi connectivity index (χ0v) is 19.5. The van der Waals surface area contributed by atoms with Gasteiger partial charge in [0.25, 0.3) is 11.8 Å². The van der Waals surface area contributed by atoms with Gasteiger partial charge in [0, 0.05) is 37.0 Å². The number of likely N-dealkylation sites (N-methyl/N-ethyl adjacent to an activating group) is 1. The number of nitrogens with zero attached hydrogens (tertiary/aromatic N) is 3. The molecule has 1 aromatic heterocycles. The summed E-state index contributed by atoms with van der Waals surface area (Å²) in [6.07, 6.45) is -0.747. The molecule has 1 aromatic carbocycles. The SMILES string of the molecule is CCN1C(C)CN2C(=O)c3c(OCOC(=O)O)c(=O)c(C(=O)NCc4ccc(F)cc4F)cn3CC21. The zero-order chi connectivity index (χ0) is 26.1. The summed E-state index contributed by atoms with van der Waals surface area (Å²) >= 11 is 0. The van der Waals surface area contributed by atoms with Crippen LogP contribution in [0.15, 0.2) is 29.2 Å². The normalized spacial score (nSPS) is 19.0. The van der Waals surface area contributed by atoms with Crippen molar-refractivity contribution < 1.29 is 37.7 Å². The van der Waals surface area contributed by atoms with Crippen LogP contribution >= 0.6 is 0 Å². The zero-order valence-electron chi connectivity index (χ0n) is 19.5. The highest BCUT2D eigenvalue weighted by Gasteiger charge is 2.45. The van der Waals surface area contributed by atoms with Crippen molar-refractivity contribution in [3.8, 4) is 5.75 Å². The number of hydrogen-bond donors (Lipinski definition) is 2. The Kier molecular flexibility index (Phi) is 6.93. The van der Waals surface area contributed by atoms with Crippen LogP contribution in [0.25, 0.3) is 0 Å². The average molecular weight is 506 g/mol. The average Bonchev–Trinajstić information content (AvgIpc) is 3.14. The predicted octanol–water partition coefficient (Wildman–Crippen LogP) is 1.59. The maximum absolute atomic E-state index is 14.0. The molecule has 2 aromatic rings. The Labute approximate surface area is 203 Å². The summed E-state index contributed by atoms with van der Waals surface area (Å²) in [5.41, 5.74) is -1.49. The summed E-state index contributed by atoms with van der Waals surface area (Å²) in [5.74, 6) is -3.56. The minimum atomic E-state index is -1.66. The van der Waals surface area contributed by atoms with Crippen molar-refractivity contribution in [1.29, 1.82) is 0 Å². The Morgan fingerprint density at radius 1 is 1.22 bits per heavy atom. The van der Waals surface area contributed by atoms with Gasteiger partial charge in [0.15, 0.2) is 5.69 Å². The Morgan fingerprint density at radius 2 is 1.97 bits per heavy atom. The molecule has 2 aliphatic heterocycles. The smallest absolute Gasteiger partial charge is 0.451 e. The molecular formula is C23H24F2N4O7. The van der Waals surface area contributed by atoms with Gasteiger partial charge < -0.3 is 29.4 Å². The van der Waals surface area contributed by atoms with E-state index in [-0.39, 0.29) is 36.6 Å². The number of carbonyl (C=O) groups excluding carboxylic acids is 2. The van der Waals surface area contributed by atoms with Gasteiger partial charge in [-0.25, -0.2) is 13.6 Å². The first-order valence-corrected chi connectivity index (χ1v) is 11.2. The molecule has 2 aliphatic rings. The lowest BCUT2D eigenvalue weighted by Crippen LogP contribution is -2.51. The van der Waals surface area contributed by atoms with E-state index < -0.39 is 53.1 Å². The van der Waals surface area contributed by atoms with Gasteiger partial charge in [0.2, 0.25) is 18.0 Å². The molecule has 13 heteroatoms. The highest BCUT2D eigenvalue weighted by molar-refractivity contribution is 5.99. The molecular weight excluding hydrogens is 482 g/mol. The van der Waals surface area contributed by atoms with Crippen LogP contribution in [-0.2, 0) is 17.8 Å². The fraction of sp³-hybridized carbons (Fsp3) is 0.391. The molecule has 11 nitrogen and oxygen atoms in total. The molecule has 36 heavy (non-hydrogen) atoms. The number of halogens is 2. The van der Waals surface area contributed by atoms with Gasteiger partial charge in [-0.15, -0.1) is 0 Å². The second-order valence-electron chi connectivity index (χ2n) is 8.41. The van der Waals surface area contributed by atoms with E-state index in [9.17, 15) is 28.0 Å². The highest BCUT2D eigenvalue weighted by Crippen LogP contribution is 2.31. The second-order valence-corrected chi connectivity index (χ2v) is 8.41. The number of carboxylic acid groups (broad SMARTS) is 1. The summed E-state index contributed by atoms with van der Waals surface area (Å²) < 4.78 is 38.1. The van der Waals surface area contributed by atoms with Crippen molar-refractivity contribution in [3.63, 3.8) is 0 Å². The largest absolute Gasteiger partial charge is 0.508 e. The van der Waals surface area contributed by atoms with Gasteiger partial charge in [-0.1, -0.05) is 13.0 Å². The molecule has 2 atom stereocenters. The third-order valence-corrected chi connectivity index (χ3v) is 6.28. The van der Waals surface area contributed by atoms with Gasteiger partial charge in [-0.3, -0.25) is 19.3 Å². The summed E-state index contributed by atoms with van der Waals surface area (Å²) in [6, 6.07) is 2.92. The summed E-state index contributed by atoms with van der Waals surface area (Å²) in [4.78, 5) is 53.9. The van der Waals surface area contributed by atoms with Crippen LogP contribution in [0.1, 0.15) is 40.3 Å². The van der Waals surface area contributed by atoms with Crippen LogP contribution < -0.4 is 15.5 Å². The number of hydrogen-bond acceptors (Lipinski definition) is 7. The second kappa shape index (κ2) is 9.93. The fourth-order valence-electron chi connectivity index (χ4n) is 4.61. The quantitative estimate of drug-likeness (QED) is 0.428. The molecule has 0 aliphatic carbocycles. The van der Waals surface area contributed by atoms with E-state index in [4.69, 9.17) is 9.84 Å². The van der Waals surface area contributed by atoms with Crippen LogP contribution in [0.2, 0.25) is 0 Å². The van der Waals surface area contributed by atoms with Crippen molar-refractivity contribution in [3.05, 3.63) is 63.1 Å². The fourth-order valence-corrected chi connectivity index (χ4v) is 4.61. The van der Waals surface area contributed by atoms with E-state index in [0.717, 1.165) is 12.1 Å². The molecule has 0 bridgehead atoms. The Morgan fingerprint density at radius 3 is 2.64 bits per heavy atom.